The van der Waals surface area contributed by atoms with Gasteiger partial charge >= 0.3 is 0 Å². The third-order valence-electron chi connectivity index (χ3n) is 6.55. The minimum atomic E-state index is -0.670. The number of ether oxygens (including phenoxy) is 1. The molecule has 1 atom stereocenters. The van der Waals surface area contributed by atoms with E-state index in [1.807, 2.05) is 31.3 Å². The predicted octanol–water partition coefficient (Wildman–Crippen LogP) is 5.31. The first-order valence-electron chi connectivity index (χ1n) is 14.1. The summed E-state index contributed by atoms with van der Waals surface area (Å²) in [5.74, 6) is -0.338. The van der Waals surface area contributed by atoms with E-state index in [1.54, 1.807) is 36.4 Å². The summed E-state index contributed by atoms with van der Waals surface area (Å²) < 4.78 is 5.75. The average Bonchev–Trinajstić information content (AvgIpc) is 2.98. The maximum Gasteiger partial charge on any atom is 0.248 e. The van der Waals surface area contributed by atoms with Crippen LogP contribution >= 0.6 is 23.2 Å². The maximum atomic E-state index is 10.4. The number of primary amides is 1. The van der Waals surface area contributed by atoms with Crippen LogP contribution in [0.4, 0.5) is 0 Å². The van der Waals surface area contributed by atoms with Gasteiger partial charge in [0, 0.05) is 53.0 Å². The summed E-state index contributed by atoms with van der Waals surface area (Å²) in [7, 11) is 2.03. The maximum absolute atomic E-state index is 10.4. The molecule has 6 N–H and O–H groups in total. The van der Waals surface area contributed by atoms with Gasteiger partial charge in [-0.2, -0.15) is 0 Å². The van der Waals surface area contributed by atoms with E-state index in [9.17, 15) is 20.1 Å². The van der Waals surface area contributed by atoms with Crippen molar-refractivity contribution in [2.24, 2.45) is 5.73 Å². The number of hydrogen-bond acceptors (Lipinski definition) is 7. The van der Waals surface area contributed by atoms with Crippen LogP contribution in [-0.2, 0) is 17.9 Å². The number of rotatable bonds is 17. The Labute approximate surface area is 259 Å². The highest BCUT2D eigenvalue weighted by molar-refractivity contribution is 6.35. The monoisotopic (exact) mass is 619 g/mol. The van der Waals surface area contributed by atoms with Crippen LogP contribution in [0.15, 0.2) is 66.7 Å². The normalized spacial score (nSPS) is 11.7. The first kappa shape index (κ1) is 35.5. The molecule has 3 aromatic rings. The third kappa shape index (κ3) is 13.5. The van der Waals surface area contributed by atoms with E-state index in [2.05, 4.69) is 10.2 Å². The largest absolute Gasteiger partial charge is 0.508 e. The number of halogens is 2. The molecule has 0 saturated heterocycles. The summed E-state index contributed by atoms with van der Waals surface area (Å²) in [5, 5.41) is 33.7. The number of amides is 1. The topological polar surface area (TPSA) is 128 Å². The van der Waals surface area contributed by atoms with Crippen molar-refractivity contribution >= 4 is 29.1 Å². The van der Waals surface area contributed by atoms with Crippen molar-refractivity contribution in [1.29, 1.82) is 0 Å². The van der Waals surface area contributed by atoms with Gasteiger partial charge in [0.05, 0.1) is 19.3 Å². The van der Waals surface area contributed by atoms with Gasteiger partial charge in [-0.25, -0.2) is 0 Å². The highest BCUT2D eigenvalue weighted by Gasteiger charge is 2.10. The zero-order chi connectivity index (χ0) is 30.7. The number of nitrogens with zero attached hydrogens (tertiary/aromatic N) is 1. The van der Waals surface area contributed by atoms with Crippen LogP contribution in [0.1, 0.15) is 58.8 Å². The van der Waals surface area contributed by atoms with Crippen LogP contribution in [0.25, 0.3) is 0 Å². The van der Waals surface area contributed by atoms with Crippen LogP contribution in [0.3, 0.4) is 0 Å². The number of unbranched alkanes of at least 4 members (excludes halogenated alkanes) is 3. The minimum Gasteiger partial charge on any atom is -0.508 e. The van der Waals surface area contributed by atoms with Crippen molar-refractivity contribution < 1.29 is 24.9 Å². The van der Waals surface area contributed by atoms with Crippen LogP contribution in [0.2, 0.25) is 10.0 Å². The van der Waals surface area contributed by atoms with Crippen LogP contribution in [0, 0.1) is 0 Å². The Kier molecular flexibility index (Phi) is 17.1. The second-order valence-electron chi connectivity index (χ2n) is 9.96. The fraction of sp³-hybridized carbons (Fsp3) is 0.406. The van der Waals surface area contributed by atoms with Crippen molar-refractivity contribution in [3.05, 3.63) is 99.0 Å². The molecule has 0 aliphatic heterocycles. The van der Waals surface area contributed by atoms with Crippen LogP contribution < -0.4 is 11.1 Å². The molecule has 42 heavy (non-hydrogen) atoms. The van der Waals surface area contributed by atoms with Gasteiger partial charge in [0.2, 0.25) is 5.91 Å². The lowest BCUT2D eigenvalue weighted by atomic mass is 10.1. The Bertz CT molecular complexity index is 1180. The molecular formula is C32H43Cl2N3O5. The number of aromatic hydroxyl groups is 1. The molecule has 0 fully saturated rings. The van der Waals surface area contributed by atoms with E-state index in [4.69, 9.17) is 33.7 Å². The Morgan fingerprint density at radius 2 is 1.67 bits per heavy atom. The van der Waals surface area contributed by atoms with Gasteiger partial charge in [-0.1, -0.05) is 66.4 Å². The zero-order valence-electron chi connectivity index (χ0n) is 24.1. The molecule has 0 radical (unpaired) electrons. The first-order chi connectivity index (χ1) is 20.2. The predicted molar refractivity (Wildman–Crippen MR) is 169 cm³/mol. The fourth-order valence-corrected chi connectivity index (χ4v) is 4.58. The van der Waals surface area contributed by atoms with Gasteiger partial charge in [0.1, 0.15) is 5.75 Å². The Morgan fingerprint density at radius 3 is 2.31 bits per heavy atom. The lowest BCUT2D eigenvalue weighted by Crippen LogP contribution is -2.23. The molecule has 0 heterocycles. The molecule has 1 unspecified atom stereocenters. The SMILES string of the molecule is CN(CCOCCCCCCNCC(O)c1ccc(O)c(CO)c1)Cc1c(Cl)cccc1Cl.NC(=O)c1ccccc1. The van der Waals surface area contributed by atoms with E-state index in [-0.39, 0.29) is 18.3 Å². The summed E-state index contributed by atoms with van der Waals surface area (Å²) in [5.41, 5.74) is 7.58. The second kappa shape index (κ2) is 20.3. The van der Waals surface area contributed by atoms with Gasteiger partial charge in [-0.15, -0.1) is 0 Å². The number of aliphatic hydroxyl groups excluding tert-OH is 2. The quantitative estimate of drug-likeness (QED) is 0.130. The number of aliphatic hydroxyl groups is 2. The number of hydrogen-bond donors (Lipinski definition) is 5. The number of benzene rings is 3. The summed E-state index contributed by atoms with van der Waals surface area (Å²) in [6.07, 6.45) is 3.60. The molecule has 0 spiro atoms. The molecule has 0 aliphatic carbocycles. The zero-order valence-corrected chi connectivity index (χ0v) is 25.7. The van der Waals surface area contributed by atoms with E-state index >= 15 is 0 Å². The Morgan fingerprint density at radius 1 is 0.976 bits per heavy atom. The van der Waals surface area contributed by atoms with Crippen molar-refractivity contribution in [3.63, 3.8) is 0 Å². The Balaban J connectivity index is 0.000000581. The van der Waals surface area contributed by atoms with Crippen molar-refractivity contribution in [3.8, 4) is 5.75 Å². The average molecular weight is 621 g/mol. The van der Waals surface area contributed by atoms with Crippen LogP contribution in [-0.4, -0.2) is 66.0 Å². The number of nitrogens with two attached hydrogens (primary N) is 1. The minimum absolute atomic E-state index is 0.0411. The molecule has 3 aromatic carbocycles. The van der Waals surface area contributed by atoms with E-state index < -0.39 is 6.10 Å². The number of phenols is 1. The highest BCUT2D eigenvalue weighted by atomic mass is 35.5. The fourth-order valence-electron chi connectivity index (χ4n) is 4.06. The van der Waals surface area contributed by atoms with Gasteiger partial charge in [-0.3, -0.25) is 9.69 Å². The molecule has 230 valence electrons. The molecule has 3 rings (SSSR count). The van der Waals surface area contributed by atoms with Gasteiger partial charge in [0.25, 0.3) is 0 Å². The first-order valence-corrected chi connectivity index (χ1v) is 14.8. The number of carbonyl (C=O) groups is 1. The van der Waals surface area contributed by atoms with Gasteiger partial charge < -0.3 is 31.1 Å². The summed E-state index contributed by atoms with van der Waals surface area (Å²) in [6, 6.07) is 19.1. The third-order valence-corrected chi connectivity index (χ3v) is 7.26. The van der Waals surface area contributed by atoms with Gasteiger partial charge in [-0.05, 0) is 68.4 Å². The molecule has 0 bridgehead atoms. The summed E-state index contributed by atoms with van der Waals surface area (Å²) in [6.45, 7) is 3.95. The van der Waals surface area contributed by atoms with Crippen LogP contribution in [0.5, 0.6) is 5.75 Å². The molecule has 8 nitrogen and oxygen atoms in total. The number of nitrogens with one attached hydrogen (secondary N) is 1. The van der Waals surface area contributed by atoms with Gasteiger partial charge in [0.15, 0.2) is 0 Å². The molecule has 1 amide bonds. The van der Waals surface area contributed by atoms with Crippen molar-refractivity contribution in [2.75, 3.05) is 39.9 Å². The molecular weight excluding hydrogens is 577 g/mol. The van der Waals surface area contributed by atoms with E-state index in [0.29, 0.717) is 46.4 Å². The lowest BCUT2D eigenvalue weighted by Gasteiger charge is -2.18. The lowest BCUT2D eigenvalue weighted by molar-refractivity contribution is 0.1000. The molecule has 0 saturated carbocycles. The number of carbonyl (C=O) groups excluding carboxylic acids is 1. The Hall–Kier alpha value is -2.69. The van der Waals surface area contributed by atoms with Crippen molar-refractivity contribution in [1.82, 2.24) is 10.2 Å². The van der Waals surface area contributed by atoms with E-state index in [1.165, 1.54) is 6.07 Å². The smallest absolute Gasteiger partial charge is 0.248 e. The van der Waals surface area contributed by atoms with E-state index in [0.717, 1.165) is 50.9 Å². The summed E-state index contributed by atoms with van der Waals surface area (Å²) >= 11 is 12.4. The second-order valence-corrected chi connectivity index (χ2v) is 10.8. The molecule has 0 aromatic heterocycles. The number of likely N-dealkylation sites (N-methyl/N-ethyl adjacent to an activating group) is 1. The summed E-state index contributed by atoms with van der Waals surface area (Å²) in [4.78, 5) is 12.6. The standard InChI is InChI=1S/C25H36Cl2N2O4.C7H7NO/c1-29(17-21-22(26)7-6-8-23(21)27)12-14-33-13-5-3-2-4-11-28-16-25(32)19-9-10-24(31)20(15-19)18-30;8-7(9)6-4-2-1-3-5-6/h6-10,15,25,28,30-32H,2-5,11-14,16-18H2,1H3;1-5H,(H2,8,9). The van der Waals surface area contributed by atoms with Crippen molar-refractivity contribution in [2.45, 2.75) is 44.9 Å². The highest BCUT2D eigenvalue weighted by Crippen LogP contribution is 2.25. The molecule has 0 aliphatic rings. The molecule has 10 heteroatoms.